The Bertz CT molecular complexity index is 2540. The molecule has 0 aliphatic carbocycles. The highest BCUT2D eigenvalue weighted by Gasteiger charge is 2.14. The van der Waals surface area contributed by atoms with Crippen LogP contribution in [-0.4, -0.2) is 19.9 Å². The number of aromatic nitrogens is 4. The predicted octanol–water partition coefficient (Wildman–Crippen LogP) is 10.0. The normalized spacial score (nSPS) is 11.6. The number of nitrogens with zero attached hydrogens (tertiary/aromatic N) is 4. The summed E-state index contributed by atoms with van der Waals surface area (Å²) >= 11 is 0. The Balaban J connectivity index is 1.16. The first-order valence-electron chi connectivity index (χ1n) is 14.7. The monoisotopic (exact) mass is 560 g/mol. The van der Waals surface area contributed by atoms with Gasteiger partial charge in [0.05, 0.1) is 27.9 Å². The smallest absolute Gasteiger partial charge is 0.0971 e. The quantitative estimate of drug-likeness (QED) is 0.202. The first-order valence-corrected chi connectivity index (χ1v) is 14.7. The molecule has 44 heavy (non-hydrogen) atoms. The average Bonchev–Trinajstić information content (AvgIpc) is 3.11. The number of rotatable bonds is 3. The molecule has 0 aliphatic rings. The van der Waals surface area contributed by atoms with Gasteiger partial charge in [0.2, 0.25) is 0 Å². The molecule has 0 amide bonds. The average molecular weight is 561 g/mol. The number of para-hydroxylation sites is 1. The first-order chi connectivity index (χ1) is 21.8. The lowest BCUT2D eigenvalue weighted by Crippen LogP contribution is -1.92. The Kier molecular flexibility index (Phi) is 5.47. The van der Waals surface area contributed by atoms with E-state index in [0.717, 1.165) is 66.4 Å². The van der Waals surface area contributed by atoms with Gasteiger partial charge in [0.15, 0.2) is 0 Å². The van der Waals surface area contributed by atoms with Crippen molar-refractivity contribution >= 4 is 54.3 Å². The molecule has 204 valence electrons. The van der Waals surface area contributed by atoms with Gasteiger partial charge in [0, 0.05) is 62.2 Å². The van der Waals surface area contributed by atoms with Gasteiger partial charge in [-0.25, -0.2) is 4.98 Å². The van der Waals surface area contributed by atoms with Crippen LogP contribution in [0.2, 0.25) is 0 Å². The van der Waals surface area contributed by atoms with Crippen molar-refractivity contribution in [2.24, 2.45) is 0 Å². The molecule has 0 saturated heterocycles. The third-order valence-corrected chi connectivity index (χ3v) is 8.58. The van der Waals surface area contributed by atoms with Crippen LogP contribution in [-0.2, 0) is 0 Å². The molecule has 5 aromatic carbocycles. The van der Waals surface area contributed by atoms with Crippen LogP contribution >= 0.6 is 0 Å². The van der Waals surface area contributed by atoms with Crippen molar-refractivity contribution in [1.29, 1.82) is 0 Å². The lowest BCUT2D eigenvalue weighted by Gasteiger charge is -2.13. The molecule has 0 bridgehead atoms. The molecule has 0 spiro atoms. The number of fused-ring (bicyclic) bond motifs is 8. The van der Waals surface area contributed by atoms with Crippen LogP contribution in [0.4, 0.5) is 0 Å². The molecule has 0 N–H and O–H groups in total. The first kappa shape index (κ1) is 24.6. The van der Waals surface area contributed by atoms with E-state index >= 15 is 0 Å². The molecule has 4 nitrogen and oxygen atoms in total. The largest absolute Gasteiger partial charge is 0.256 e. The molecule has 4 heterocycles. The predicted molar refractivity (Wildman–Crippen MR) is 181 cm³/mol. The van der Waals surface area contributed by atoms with Crippen LogP contribution in [0.5, 0.6) is 0 Å². The third-order valence-electron chi connectivity index (χ3n) is 8.58. The second-order valence-electron chi connectivity index (χ2n) is 11.1. The fourth-order valence-electron chi connectivity index (χ4n) is 6.49. The molecule has 0 atom stereocenters. The second-order valence-corrected chi connectivity index (χ2v) is 11.1. The van der Waals surface area contributed by atoms with Crippen molar-refractivity contribution in [3.8, 4) is 33.6 Å². The Morgan fingerprint density at radius 1 is 0.432 bits per heavy atom. The summed E-state index contributed by atoms with van der Waals surface area (Å²) in [4.78, 5) is 19.4. The molecule has 0 radical (unpaired) electrons. The van der Waals surface area contributed by atoms with Gasteiger partial charge in [-0.1, -0.05) is 97.1 Å². The number of hydrogen-bond donors (Lipinski definition) is 0. The van der Waals surface area contributed by atoms with Gasteiger partial charge >= 0.3 is 0 Å². The summed E-state index contributed by atoms with van der Waals surface area (Å²) in [6.45, 7) is 0. The number of pyridine rings is 4. The van der Waals surface area contributed by atoms with Crippen LogP contribution in [0.3, 0.4) is 0 Å². The SMILES string of the molecule is c1cc(-c2ccc(-c3ccnc4c3ccc3cccnc34)nc2)cc(-c2nc3ccccc3c3c2ccc2ccccc23)c1. The minimum Gasteiger partial charge on any atom is -0.256 e. The van der Waals surface area contributed by atoms with Crippen LogP contribution in [0.25, 0.3) is 87.9 Å². The molecule has 9 rings (SSSR count). The van der Waals surface area contributed by atoms with Crippen molar-refractivity contribution in [2.75, 3.05) is 0 Å². The van der Waals surface area contributed by atoms with E-state index < -0.39 is 0 Å². The van der Waals surface area contributed by atoms with Crippen LogP contribution in [0.15, 0.2) is 146 Å². The highest BCUT2D eigenvalue weighted by Crippen LogP contribution is 2.38. The van der Waals surface area contributed by atoms with Crippen molar-refractivity contribution in [3.05, 3.63) is 146 Å². The Morgan fingerprint density at radius 2 is 1.23 bits per heavy atom. The third kappa shape index (κ3) is 3.85. The second kappa shape index (κ2) is 9.79. The zero-order chi connectivity index (χ0) is 29.0. The maximum Gasteiger partial charge on any atom is 0.0971 e. The summed E-state index contributed by atoms with van der Waals surface area (Å²) in [5, 5.41) is 8.16. The molecule has 4 aromatic heterocycles. The molecular weight excluding hydrogens is 536 g/mol. The van der Waals surface area contributed by atoms with Gasteiger partial charge in [-0.05, 0) is 46.7 Å². The molecule has 9 aromatic rings. The lowest BCUT2D eigenvalue weighted by atomic mass is 9.94. The Labute approximate surface area is 253 Å². The van der Waals surface area contributed by atoms with E-state index in [1.54, 1.807) is 0 Å². The fourth-order valence-corrected chi connectivity index (χ4v) is 6.49. The van der Waals surface area contributed by atoms with Gasteiger partial charge in [0.25, 0.3) is 0 Å². The summed E-state index contributed by atoms with van der Waals surface area (Å²) in [6, 6.07) is 44.6. The van der Waals surface area contributed by atoms with E-state index in [-0.39, 0.29) is 0 Å². The number of benzene rings is 5. The lowest BCUT2D eigenvalue weighted by molar-refractivity contribution is 1.32. The Hall–Kier alpha value is -6.00. The summed E-state index contributed by atoms with van der Waals surface area (Å²) in [7, 11) is 0. The van der Waals surface area contributed by atoms with E-state index in [9.17, 15) is 0 Å². The molecule has 0 aliphatic heterocycles. The standard InChI is InChI=1S/C40H24N4/c1-2-11-30-25(7-1)14-18-34-37(30)33-12-3-4-13-36(33)44-38(34)28-9-5-8-27(23-28)29-16-19-35(43-24-29)31-20-22-42-40-32(31)17-15-26-10-6-21-41-39(26)40/h1-24H. The van der Waals surface area contributed by atoms with Gasteiger partial charge in [-0.15, -0.1) is 0 Å². The fraction of sp³-hybridized carbons (Fsp3) is 0. The summed E-state index contributed by atoms with van der Waals surface area (Å²) in [5.74, 6) is 0. The van der Waals surface area contributed by atoms with Gasteiger partial charge in [0.1, 0.15) is 0 Å². The molecule has 0 fully saturated rings. The highest BCUT2D eigenvalue weighted by molar-refractivity contribution is 6.22. The van der Waals surface area contributed by atoms with Crippen LogP contribution < -0.4 is 0 Å². The van der Waals surface area contributed by atoms with Crippen molar-refractivity contribution < 1.29 is 0 Å². The Morgan fingerprint density at radius 3 is 2.16 bits per heavy atom. The van der Waals surface area contributed by atoms with E-state index in [2.05, 4.69) is 125 Å². The summed E-state index contributed by atoms with van der Waals surface area (Å²) in [6.07, 6.45) is 5.62. The van der Waals surface area contributed by atoms with Crippen molar-refractivity contribution in [2.45, 2.75) is 0 Å². The highest BCUT2D eigenvalue weighted by atomic mass is 14.7. The van der Waals surface area contributed by atoms with Gasteiger partial charge in [-0.2, -0.15) is 0 Å². The van der Waals surface area contributed by atoms with Gasteiger partial charge in [-0.3, -0.25) is 15.0 Å². The topological polar surface area (TPSA) is 51.6 Å². The van der Waals surface area contributed by atoms with E-state index in [1.165, 1.54) is 21.5 Å². The van der Waals surface area contributed by atoms with Crippen molar-refractivity contribution in [3.63, 3.8) is 0 Å². The minimum absolute atomic E-state index is 0.891. The van der Waals surface area contributed by atoms with Gasteiger partial charge < -0.3 is 0 Å². The van der Waals surface area contributed by atoms with Crippen LogP contribution in [0, 0.1) is 0 Å². The summed E-state index contributed by atoms with van der Waals surface area (Å²) < 4.78 is 0. The van der Waals surface area contributed by atoms with Crippen LogP contribution in [0.1, 0.15) is 0 Å². The van der Waals surface area contributed by atoms with Crippen molar-refractivity contribution in [1.82, 2.24) is 19.9 Å². The van der Waals surface area contributed by atoms with E-state index in [1.807, 2.05) is 30.7 Å². The molecule has 0 saturated carbocycles. The molecule has 4 heteroatoms. The molecular formula is C40H24N4. The molecule has 0 unspecified atom stereocenters. The maximum absolute atomic E-state index is 5.19. The zero-order valence-electron chi connectivity index (χ0n) is 23.6. The van der Waals surface area contributed by atoms with E-state index in [0.29, 0.717) is 0 Å². The van der Waals surface area contributed by atoms with E-state index in [4.69, 9.17) is 9.97 Å². The maximum atomic E-state index is 5.19. The zero-order valence-corrected chi connectivity index (χ0v) is 23.6. The minimum atomic E-state index is 0.891. The summed E-state index contributed by atoms with van der Waals surface area (Å²) in [5.41, 5.74) is 8.96. The number of hydrogen-bond acceptors (Lipinski definition) is 4.